The summed E-state index contributed by atoms with van der Waals surface area (Å²) in [6.07, 6.45) is 10.2. The summed E-state index contributed by atoms with van der Waals surface area (Å²) in [5.41, 5.74) is 0. The first-order valence-corrected chi connectivity index (χ1v) is 7.00. The van der Waals surface area contributed by atoms with Gasteiger partial charge in [0.05, 0.1) is 5.01 Å². The summed E-state index contributed by atoms with van der Waals surface area (Å²) in [4.78, 5) is 4.30. The lowest BCUT2D eigenvalue weighted by atomic mass is 10.1. The SMILES string of the molecule is C=CCCC(NCCc1nccs1)C1CC1. The molecule has 2 nitrogen and oxygen atoms in total. The van der Waals surface area contributed by atoms with E-state index < -0.39 is 0 Å². The molecule has 1 aromatic rings. The Labute approximate surface area is 102 Å². The van der Waals surface area contributed by atoms with Crippen LogP contribution in [0, 0.1) is 5.92 Å². The lowest BCUT2D eigenvalue weighted by Crippen LogP contribution is -2.32. The van der Waals surface area contributed by atoms with Gasteiger partial charge < -0.3 is 5.32 Å². The van der Waals surface area contributed by atoms with Gasteiger partial charge in [0, 0.05) is 30.6 Å². The summed E-state index contributed by atoms with van der Waals surface area (Å²) >= 11 is 1.75. The molecule has 0 saturated heterocycles. The summed E-state index contributed by atoms with van der Waals surface area (Å²) in [5.74, 6) is 0.927. The van der Waals surface area contributed by atoms with E-state index in [1.807, 2.05) is 17.7 Å². The van der Waals surface area contributed by atoms with Crippen LogP contribution in [0.4, 0.5) is 0 Å². The molecule has 16 heavy (non-hydrogen) atoms. The number of allylic oxidation sites excluding steroid dienone is 1. The average Bonchev–Trinajstić information content (AvgIpc) is 3.01. The van der Waals surface area contributed by atoms with Gasteiger partial charge in [-0.2, -0.15) is 0 Å². The molecule has 0 amide bonds. The second kappa shape index (κ2) is 6.16. The third-order valence-electron chi connectivity index (χ3n) is 3.10. The standard InChI is InChI=1S/C13H20N2S/c1-2-3-4-12(11-5-6-11)14-8-7-13-15-9-10-16-13/h2,9-12,14H,1,3-8H2. The molecule has 1 fully saturated rings. The molecule has 0 aromatic carbocycles. The van der Waals surface area contributed by atoms with Gasteiger partial charge in [-0.15, -0.1) is 17.9 Å². The summed E-state index contributed by atoms with van der Waals surface area (Å²) in [5, 5.41) is 6.96. The van der Waals surface area contributed by atoms with Crippen molar-refractivity contribution in [2.24, 2.45) is 5.92 Å². The van der Waals surface area contributed by atoms with E-state index in [-0.39, 0.29) is 0 Å². The van der Waals surface area contributed by atoms with Gasteiger partial charge in [0.1, 0.15) is 0 Å². The van der Waals surface area contributed by atoms with Gasteiger partial charge >= 0.3 is 0 Å². The molecular formula is C13H20N2S. The highest BCUT2D eigenvalue weighted by Gasteiger charge is 2.29. The molecule has 1 atom stereocenters. The summed E-state index contributed by atoms with van der Waals surface area (Å²) in [6.45, 7) is 4.86. The molecule has 2 rings (SSSR count). The molecule has 0 radical (unpaired) electrons. The highest BCUT2D eigenvalue weighted by molar-refractivity contribution is 7.09. The van der Waals surface area contributed by atoms with Gasteiger partial charge in [-0.1, -0.05) is 6.08 Å². The van der Waals surface area contributed by atoms with Crippen LogP contribution in [-0.2, 0) is 6.42 Å². The average molecular weight is 236 g/mol. The number of nitrogens with zero attached hydrogens (tertiary/aromatic N) is 1. The predicted molar refractivity (Wildman–Crippen MR) is 69.8 cm³/mol. The van der Waals surface area contributed by atoms with E-state index in [0.717, 1.165) is 25.3 Å². The van der Waals surface area contributed by atoms with E-state index in [1.165, 1.54) is 24.3 Å². The van der Waals surface area contributed by atoms with E-state index in [1.54, 1.807) is 11.3 Å². The monoisotopic (exact) mass is 236 g/mol. The maximum atomic E-state index is 4.30. The van der Waals surface area contributed by atoms with Gasteiger partial charge in [-0.3, -0.25) is 0 Å². The van der Waals surface area contributed by atoms with Crippen molar-refractivity contribution in [3.8, 4) is 0 Å². The molecule has 1 aliphatic carbocycles. The third-order valence-corrected chi connectivity index (χ3v) is 3.94. The van der Waals surface area contributed by atoms with Crippen LogP contribution in [0.25, 0.3) is 0 Å². The fourth-order valence-corrected chi connectivity index (χ4v) is 2.66. The van der Waals surface area contributed by atoms with Crippen molar-refractivity contribution in [3.05, 3.63) is 29.2 Å². The molecule has 0 aliphatic heterocycles. The predicted octanol–water partition coefficient (Wildman–Crippen LogP) is 3.02. The lowest BCUT2D eigenvalue weighted by Gasteiger charge is -2.16. The number of hydrogen-bond donors (Lipinski definition) is 1. The largest absolute Gasteiger partial charge is 0.313 e. The summed E-state index contributed by atoms with van der Waals surface area (Å²) in [7, 11) is 0. The maximum Gasteiger partial charge on any atom is 0.0937 e. The maximum absolute atomic E-state index is 4.30. The normalized spacial score (nSPS) is 17.2. The number of nitrogens with one attached hydrogen (secondary N) is 1. The smallest absolute Gasteiger partial charge is 0.0937 e. The van der Waals surface area contributed by atoms with E-state index in [9.17, 15) is 0 Å². The Hall–Kier alpha value is -0.670. The van der Waals surface area contributed by atoms with Crippen LogP contribution in [0.3, 0.4) is 0 Å². The first-order chi connectivity index (χ1) is 7.90. The van der Waals surface area contributed by atoms with Crippen molar-refractivity contribution < 1.29 is 0 Å². The van der Waals surface area contributed by atoms with E-state index in [4.69, 9.17) is 0 Å². The molecule has 1 unspecified atom stereocenters. The number of thiazole rings is 1. The van der Waals surface area contributed by atoms with Crippen LogP contribution in [0.2, 0.25) is 0 Å². The van der Waals surface area contributed by atoms with Crippen molar-refractivity contribution in [3.63, 3.8) is 0 Å². The zero-order valence-corrected chi connectivity index (χ0v) is 10.5. The highest BCUT2D eigenvalue weighted by atomic mass is 32.1. The van der Waals surface area contributed by atoms with Crippen molar-refractivity contribution in [1.82, 2.24) is 10.3 Å². The van der Waals surface area contributed by atoms with Crippen molar-refractivity contribution >= 4 is 11.3 Å². The third kappa shape index (κ3) is 3.72. The fraction of sp³-hybridized carbons (Fsp3) is 0.615. The summed E-state index contributed by atoms with van der Waals surface area (Å²) < 4.78 is 0. The molecule has 1 N–H and O–H groups in total. The van der Waals surface area contributed by atoms with Gasteiger partial charge in [-0.25, -0.2) is 4.98 Å². The summed E-state index contributed by atoms with van der Waals surface area (Å²) in [6, 6.07) is 0.706. The number of hydrogen-bond acceptors (Lipinski definition) is 3. The van der Waals surface area contributed by atoms with Crippen LogP contribution in [-0.4, -0.2) is 17.6 Å². The molecule has 1 saturated carbocycles. The Balaban J connectivity index is 1.67. The fourth-order valence-electron chi connectivity index (χ4n) is 2.04. The van der Waals surface area contributed by atoms with E-state index in [0.29, 0.717) is 6.04 Å². The minimum absolute atomic E-state index is 0.706. The Morgan fingerprint density at radius 3 is 3.12 bits per heavy atom. The van der Waals surface area contributed by atoms with Crippen LogP contribution in [0.1, 0.15) is 30.7 Å². The van der Waals surface area contributed by atoms with Crippen LogP contribution in [0.15, 0.2) is 24.2 Å². The van der Waals surface area contributed by atoms with Gasteiger partial charge in [0.2, 0.25) is 0 Å². The van der Waals surface area contributed by atoms with Crippen molar-refractivity contribution in [2.45, 2.75) is 38.1 Å². The molecule has 0 spiro atoms. The zero-order valence-electron chi connectivity index (χ0n) is 9.69. The van der Waals surface area contributed by atoms with Crippen LogP contribution < -0.4 is 5.32 Å². The molecule has 3 heteroatoms. The number of rotatable bonds is 8. The van der Waals surface area contributed by atoms with E-state index in [2.05, 4.69) is 16.9 Å². The Bertz CT molecular complexity index is 304. The van der Waals surface area contributed by atoms with E-state index >= 15 is 0 Å². The highest BCUT2D eigenvalue weighted by Crippen LogP contribution is 2.34. The minimum atomic E-state index is 0.706. The first-order valence-electron chi connectivity index (χ1n) is 6.13. The van der Waals surface area contributed by atoms with Gasteiger partial charge in [-0.05, 0) is 31.6 Å². The molecule has 1 heterocycles. The molecule has 0 bridgehead atoms. The second-order valence-electron chi connectivity index (χ2n) is 4.44. The molecule has 1 aromatic heterocycles. The molecular weight excluding hydrogens is 216 g/mol. The topological polar surface area (TPSA) is 24.9 Å². The lowest BCUT2D eigenvalue weighted by molar-refractivity contribution is 0.441. The van der Waals surface area contributed by atoms with Crippen molar-refractivity contribution in [1.29, 1.82) is 0 Å². The Morgan fingerprint density at radius 1 is 1.62 bits per heavy atom. The minimum Gasteiger partial charge on any atom is -0.313 e. The van der Waals surface area contributed by atoms with Crippen LogP contribution >= 0.6 is 11.3 Å². The quantitative estimate of drug-likeness (QED) is 0.702. The molecule has 1 aliphatic rings. The second-order valence-corrected chi connectivity index (χ2v) is 5.42. The van der Waals surface area contributed by atoms with Crippen molar-refractivity contribution in [2.75, 3.05) is 6.54 Å². The zero-order chi connectivity index (χ0) is 11.2. The Morgan fingerprint density at radius 2 is 2.50 bits per heavy atom. The van der Waals surface area contributed by atoms with Gasteiger partial charge in [0.15, 0.2) is 0 Å². The first kappa shape index (κ1) is 11.8. The number of aromatic nitrogens is 1. The van der Waals surface area contributed by atoms with Gasteiger partial charge in [0.25, 0.3) is 0 Å². The Kier molecular flexibility index (Phi) is 4.55. The van der Waals surface area contributed by atoms with Crippen LogP contribution in [0.5, 0.6) is 0 Å². The molecule has 88 valence electrons.